The second kappa shape index (κ2) is 8.38. The van der Waals surface area contributed by atoms with E-state index >= 15 is 0 Å². The Morgan fingerprint density at radius 3 is 2.81 bits per heavy atom. The van der Waals surface area contributed by atoms with Gasteiger partial charge in [-0.05, 0) is 43.2 Å². The predicted octanol–water partition coefficient (Wildman–Crippen LogP) is 3.83. The molecule has 1 aliphatic carbocycles. The maximum atomic E-state index is 5.14. The number of methoxy groups -OCH3 is 1. The lowest BCUT2D eigenvalue weighted by Crippen LogP contribution is -2.40. The topological polar surface area (TPSA) is 34.1 Å². The molecule has 1 fully saturated rings. The molecule has 0 radical (unpaired) electrons. The highest BCUT2D eigenvalue weighted by atomic mass is 16.5. The number of ether oxygens (including phenoxy) is 1. The zero-order chi connectivity index (χ0) is 15.1. The summed E-state index contributed by atoms with van der Waals surface area (Å²) in [6.45, 7) is 5.59. The Morgan fingerprint density at radius 1 is 1.33 bits per heavy atom. The summed E-state index contributed by atoms with van der Waals surface area (Å²) in [4.78, 5) is 4.34. The lowest BCUT2D eigenvalue weighted by Gasteiger charge is -2.35. The normalized spacial score (nSPS) is 23.8. The molecule has 1 heterocycles. The van der Waals surface area contributed by atoms with Gasteiger partial charge in [0.05, 0.1) is 7.11 Å². The molecule has 0 aliphatic heterocycles. The first kappa shape index (κ1) is 16.3. The van der Waals surface area contributed by atoms with Crippen molar-refractivity contribution in [3.63, 3.8) is 0 Å². The Kier molecular flexibility index (Phi) is 6.50. The minimum Gasteiger partial charge on any atom is -0.481 e. The zero-order valence-electron chi connectivity index (χ0n) is 13.8. The van der Waals surface area contributed by atoms with Crippen molar-refractivity contribution in [3.05, 3.63) is 23.9 Å². The quantitative estimate of drug-likeness (QED) is 0.828. The van der Waals surface area contributed by atoms with Crippen molar-refractivity contribution < 1.29 is 4.74 Å². The molecule has 3 heteroatoms. The maximum Gasteiger partial charge on any atom is 0.212 e. The molecule has 2 rings (SSSR count). The van der Waals surface area contributed by atoms with Crippen LogP contribution in [0.5, 0.6) is 5.88 Å². The Bertz CT molecular complexity index is 404. The van der Waals surface area contributed by atoms with Crippen LogP contribution >= 0.6 is 0 Å². The van der Waals surface area contributed by atoms with Crippen LogP contribution in [0.25, 0.3) is 0 Å². The Balaban J connectivity index is 2.00. The molecule has 0 spiro atoms. The van der Waals surface area contributed by atoms with Crippen LogP contribution in [0.4, 0.5) is 0 Å². The van der Waals surface area contributed by atoms with Crippen LogP contribution in [-0.4, -0.2) is 24.7 Å². The smallest absolute Gasteiger partial charge is 0.212 e. The minimum atomic E-state index is 0.583. The number of likely N-dealkylation sites (N-methyl/N-ethyl adjacent to an activating group) is 1. The molecule has 3 atom stereocenters. The summed E-state index contributed by atoms with van der Waals surface area (Å²) in [6, 6.07) is 4.70. The average Bonchev–Trinajstić information content (AvgIpc) is 2.55. The van der Waals surface area contributed by atoms with E-state index in [9.17, 15) is 0 Å². The summed E-state index contributed by atoms with van der Waals surface area (Å²) < 4.78 is 5.14. The van der Waals surface area contributed by atoms with E-state index in [1.165, 1.54) is 37.7 Å². The number of rotatable bonds is 7. The Labute approximate surface area is 129 Å². The lowest BCUT2D eigenvalue weighted by atomic mass is 9.75. The molecule has 1 aliphatic rings. The van der Waals surface area contributed by atoms with Gasteiger partial charge in [0.25, 0.3) is 0 Å². The highest BCUT2D eigenvalue weighted by Crippen LogP contribution is 2.33. The molecule has 118 valence electrons. The van der Waals surface area contributed by atoms with E-state index in [4.69, 9.17) is 4.74 Å². The number of nitrogens with one attached hydrogen (secondary N) is 1. The van der Waals surface area contributed by atoms with Crippen molar-refractivity contribution in [2.75, 3.05) is 13.7 Å². The van der Waals surface area contributed by atoms with Gasteiger partial charge in [0.1, 0.15) is 0 Å². The average molecular weight is 290 g/mol. The van der Waals surface area contributed by atoms with Gasteiger partial charge < -0.3 is 10.1 Å². The first-order valence-corrected chi connectivity index (χ1v) is 8.49. The van der Waals surface area contributed by atoms with E-state index in [0.717, 1.165) is 24.8 Å². The van der Waals surface area contributed by atoms with Crippen molar-refractivity contribution in [1.29, 1.82) is 0 Å². The number of hydrogen-bond donors (Lipinski definition) is 1. The van der Waals surface area contributed by atoms with Crippen molar-refractivity contribution in [3.8, 4) is 5.88 Å². The van der Waals surface area contributed by atoms with Crippen LogP contribution in [-0.2, 0) is 6.42 Å². The molecule has 1 aromatic heterocycles. The number of hydrogen-bond acceptors (Lipinski definition) is 3. The molecule has 0 aromatic carbocycles. The Morgan fingerprint density at radius 2 is 2.19 bits per heavy atom. The van der Waals surface area contributed by atoms with Crippen molar-refractivity contribution in [2.24, 2.45) is 11.8 Å². The van der Waals surface area contributed by atoms with E-state index in [0.29, 0.717) is 11.9 Å². The third kappa shape index (κ3) is 4.70. The van der Waals surface area contributed by atoms with Crippen LogP contribution in [0.1, 0.15) is 51.5 Å². The summed E-state index contributed by atoms with van der Waals surface area (Å²) in [7, 11) is 1.66. The summed E-state index contributed by atoms with van der Waals surface area (Å²) in [5.41, 5.74) is 1.31. The molecule has 0 amide bonds. The van der Waals surface area contributed by atoms with Gasteiger partial charge in [-0.15, -0.1) is 0 Å². The van der Waals surface area contributed by atoms with Crippen LogP contribution in [0.15, 0.2) is 18.3 Å². The molecule has 3 unspecified atom stereocenters. The Hall–Kier alpha value is -1.09. The summed E-state index contributed by atoms with van der Waals surface area (Å²) in [5, 5.41) is 3.72. The molecule has 1 aromatic rings. The van der Waals surface area contributed by atoms with Gasteiger partial charge in [-0.1, -0.05) is 39.2 Å². The predicted molar refractivity (Wildman–Crippen MR) is 87.7 cm³/mol. The van der Waals surface area contributed by atoms with Crippen LogP contribution in [0.2, 0.25) is 0 Å². The van der Waals surface area contributed by atoms with Gasteiger partial charge in [0.2, 0.25) is 5.88 Å². The van der Waals surface area contributed by atoms with Gasteiger partial charge in [0, 0.05) is 18.3 Å². The first-order valence-electron chi connectivity index (χ1n) is 8.49. The third-order valence-corrected chi connectivity index (χ3v) is 4.90. The fourth-order valence-corrected chi connectivity index (χ4v) is 3.64. The number of aromatic nitrogens is 1. The molecule has 0 saturated heterocycles. The second-order valence-electron chi connectivity index (χ2n) is 6.28. The van der Waals surface area contributed by atoms with E-state index in [1.54, 1.807) is 7.11 Å². The van der Waals surface area contributed by atoms with Gasteiger partial charge >= 0.3 is 0 Å². The summed E-state index contributed by atoms with van der Waals surface area (Å²) >= 11 is 0. The van der Waals surface area contributed by atoms with Crippen molar-refractivity contribution in [1.82, 2.24) is 10.3 Å². The summed E-state index contributed by atoms with van der Waals surface area (Å²) in [6.07, 6.45) is 9.95. The summed E-state index contributed by atoms with van der Waals surface area (Å²) in [5.74, 6) is 2.44. The van der Waals surface area contributed by atoms with E-state index in [-0.39, 0.29) is 0 Å². The van der Waals surface area contributed by atoms with Crippen LogP contribution in [0, 0.1) is 11.8 Å². The van der Waals surface area contributed by atoms with Gasteiger partial charge in [-0.3, -0.25) is 0 Å². The van der Waals surface area contributed by atoms with E-state index in [1.807, 2.05) is 12.3 Å². The minimum absolute atomic E-state index is 0.583. The highest BCUT2D eigenvalue weighted by molar-refractivity contribution is 5.18. The maximum absolute atomic E-state index is 5.14. The largest absolute Gasteiger partial charge is 0.481 e. The standard InChI is InChI=1S/C18H30N2O/c1-4-14-7-6-8-16(11-14)17(19-5-2)12-15-9-10-18(21-3)20-13-15/h9-10,13-14,16-17,19H,4-8,11-12H2,1-3H3. The fraction of sp³-hybridized carbons (Fsp3) is 0.722. The van der Waals surface area contributed by atoms with Gasteiger partial charge in [-0.25, -0.2) is 4.98 Å². The monoisotopic (exact) mass is 290 g/mol. The molecule has 21 heavy (non-hydrogen) atoms. The first-order chi connectivity index (χ1) is 10.3. The molecule has 3 nitrogen and oxygen atoms in total. The number of pyridine rings is 1. The van der Waals surface area contributed by atoms with Crippen molar-refractivity contribution >= 4 is 0 Å². The third-order valence-electron chi connectivity index (χ3n) is 4.90. The molecule has 1 N–H and O–H groups in total. The van der Waals surface area contributed by atoms with Gasteiger partial charge in [0.15, 0.2) is 0 Å². The SMILES string of the molecule is CCNC(Cc1ccc(OC)nc1)C1CCCC(CC)C1. The van der Waals surface area contributed by atoms with E-state index in [2.05, 4.69) is 30.2 Å². The second-order valence-corrected chi connectivity index (χ2v) is 6.28. The molecular formula is C18H30N2O. The molecule has 1 saturated carbocycles. The molecule has 0 bridgehead atoms. The fourth-order valence-electron chi connectivity index (χ4n) is 3.64. The van der Waals surface area contributed by atoms with Crippen LogP contribution < -0.4 is 10.1 Å². The lowest BCUT2D eigenvalue weighted by molar-refractivity contribution is 0.208. The number of nitrogens with zero attached hydrogens (tertiary/aromatic N) is 1. The van der Waals surface area contributed by atoms with Crippen molar-refractivity contribution in [2.45, 2.75) is 58.4 Å². The van der Waals surface area contributed by atoms with Gasteiger partial charge in [-0.2, -0.15) is 0 Å². The van der Waals surface area contributed by atoms with Crippen LogP contribution in [0.3, 0.4) is 0 Å². The highest BCUT2D eigenvalue weighted by Gasteiger charge is 2.27. The van der Waals surface area contributed by atoms with E-state index < -0.39 is 0 Å². The zero-order valence-corrected chi connectivity index (χ0v) is 13.8. The molecular weight excluding hydrogens is 260 g/mol.